The lowest BCUT2D eigenvalue weighted by Gasteiger charge is -1.96. The minimum absolute atomic E-state index is 0.188. The maximum Gasteiger partial charge on any atom is 0.386 e. The van der Waals surface area contributed by atoms with Crippen molar-refractivity contribution < 1.29 is 18.3 Å². The molecule has 0 rings (SSSR count). The van der Waals surface area contributed by atoms with E-state index in [1.807, 2.05) is 39.8 Å². The van der Waals surface area contributed by atoms with Crippen molar-refractivity contribution in [2.24, 2.45) is 0 Å². The molecule has 0 saturated carbocycles. The number of rotatable bonds is 3. The van der Waals surface area contributed by atoms with Crippen LogP contribution in [-0.2, 0) is 0 Å². The molecule has 0 aliphatic carbocycles. The molecule has 0 spiro atoms. The third-order valence-corrected chi connectivity index (χ3v) is 1.90. The van der Waals surface area contributed by atoms with Crippen LogP contribution in [0.25, 0.3) is 0 Å². The Morgan fingerprint density at radius 1 is 1.11 bits per heavy atom. The van der Waals surface area contributed by atoms with E-state index in [2.05, 4.69) is 13.0 Å². The Hall–Kier alpha value is -1.19. The Morgan fingerprint density at radius 2 is 1.47 bits per heavy atom. The molecule has 114 valence electrons. The second-order valence-electron chi connectivity index (χ2n) is 3.60. The van der Waals surface area contributed by atoms with Gasteiger partial charge in [-0.05, 0) is 32.8 Å². The first-order valence-corrected chi connectivity index (χ1v) is 6.38. The fourth-order valence-electron chi connectivity index (χ4n) is 0.771. The molecule has 0 atom stereocenters. The van der Waals surface area contributed by atoms with E-state index < -0.39 is 6.18 Å². The van der Waals surface area contributed by atoms with E-state index in [0.29, 0.717) is 5.76 Å². The average molecular weight is 280 g/mol. The van der Waals surface area contributed by atoms with Crippen LogP contribution in [0.4, 0.5) is 13.2 Å². The molecular formula is C15H27F3O. The third kappa shape index (κ3) is 26.4. The smallest absolute Gasteiger partial charge is 0.386 e. The molecule has 1 nitrogen and oxygen atoms in total. The number of alkyl halides is 3. The second-order valence-corrected chi connectivity index (χ2v) is 3.60. The minimum atomic E-state index is -4.00. The van der Waals surface area contributed by atoms with E-state index in [0.717, 1.165) is 12.0 Å². The second kappa shape index (κ2) is 13.2. The number of aliphatic hydroxyl groups excluding tert-OH is 1. The summed E-state index contributed by atoms with van der Waals surface area (Å²) in [6.45, 7) is 11.9. The highest BCUT2D eigenvalue weighted by atomic mass is 19.4. The van der Waals surface area contributed by atoms with Gasteiger partial charge in [0, 0.05) is 6.92 Å². The zero-order valence-corrected chi connectivity index (χ0v) is 13.0. The van der Waals surface area contributed by atoms with Crippen LogP contribution in [0.1, 0.15) is 54.9 Å². The van der Waals surface area contributed by atoms with E-state index in [4.69, 9.17) is 5.11 Å². The summed E-state index contributed by atoms with van der Waals surface area (Å²) in [5, 5.41) is 9.09. The van der Waals surface area contributed by atoms with E-state index in [9.17, 15) is 13.2 Å². The molecule has 0 bridgehead atoms. The van der Waals surface area contributed by atoms with E-state index in [-0.39, 0.29) is 6.92 Å². The molecule has 0 radical (unpaired) electrons. The molecule has 0 fully saturated rings. The van der Waals surface area contributed by atoms with Crippen molar-refractivity contribution >= 4 is 0 Å². The van der Waals surface area contributed by atoms with Crippen molar-refractivity contribution in [2.45, 2.75) is 61.1 Å². The first-order valence-electron chi connectivity index (χ1n) is 6.38. The van der Waals surface area contributed by atoms with Crippen molar-refractivity contribution in [1.29, 1.82) is 0 Å². The van der Waals surface area contributed by atoms with Gasteiger partial charge in [0.05, 0.1) is 5.76 Å². The third-order valence-electron chi connectivity index (χ3n) is 1.90. The predicted octanol–water partition coefficient (Wildman–Crippen LogP) is 6.35. The molecule has 19 heavy (non-hydrogen) atoms. The largest absolute Gasteiger partial charge is 0.512 e. The van der Waals surface area contributed by atoms with Crippen molar-refractivity contribution in [1.82, 2.24) is 0 Å². The number of halogens is 3. The normalized spacial score (nSPS) is 13.1. The summed E-state index contributed by atoms with van der Waals surface area (Å²) in [6.07, 6.45) is 3.09. The maximum atomic E-state index is 10.4. The van der Waals surface area contributed by atoms with Crippen molar-refractivity contribution in [3.63, 3.8) is 0 Å². The maximum absolute atomic E-state index is 10.4. The highest BCUT2D eigenvalue weighted by Crippen LogP contribution is 2.10. The topological polar surface area (TPSA) is 20.2 Å². The highest BCUT2D eigenvalue weighted by molar-refractivity contribution is 5.27. The van der Waals surface area contributed by atoms with Gasteiger partial charge in [-0.3, -0.25) is 0 Å². The average Bonchev–Trinajstić information content (AvgIpc) is 2.30. The number of hydrogen-bond acceptors (Lipinski definition) is 1. The fourth-order valence-corrected chi connectivity index (χ4v) is 0.771. The van der Waals surface area contributed by atoms with Gasteiger partial charge < -0.3 is 5.11 Å². The van der Waals surface area contributed by atoms with Gasteiger partial charge >= 0.3 is 6.18 Å². The molecule has 0 aromatic heterocycles. The van der Waals surface area contributed by atoms with Crippen LogP contribution in [0.5, 0.6) is 0 Å². The first-order chi connectivity index (χ1) is 8.61. The number of hydrogen-bond donors (Lipinski definition) is 1. The Labute approximate surface area is 115 Å². The van der Waals surface area contributed by atoms with Crippen molar-refractivity contribution in [3.05, 3.63) is 35.1 Å². The Bertz CT molecular complexity index is 287. The molecule has 0 saturated heterocycles. The minimum Gasteiger partial charge on any atom is -0.512 e. The molecule has 0 unspecified atom stereocenters. The molecule has 0 aliphatic heterocycles. The van der Waals surface area contributed by atoms with Crippen molar-refractivity contribution in [2.75, 3.05) is 0 Å². The quantitative estimate of drug-likeness (QED) is 0.472. The van der Waals surface area contributed by atoms with Gasteiger partial charge in [0.2, 0.25) is 0 Å². The Balaban J connectivity index is -0.000000307. The van der Waals surface area contributed by atoms with Gasteiger partial charge in [0.1, 0.15) is 0 Å². The summed E-state index contributed by atoms with van der Waals surface area (Å²) in [7, 11) is 0. The van der Waals surface area contributed by atoms with Crippen LogP contribution in [0.3, 0.4) is 0 Å². The van der Waals surface area contributed by atoms with Crippen LogP contribution in [0.2, 0.25) is 0 Å². The predicted molar refractivity (Wildman–Crippen MR) is 77.3 cm³/mol. The molecule has 1 N–H and O–H groups in total. The monoisotopic (exact) mass is 280 g/mol. The van der Waals surface area contributed by atoms with Crippen molar-refractivity contribution in [3.8, 4) is 0 Å². The summed E-state index contributed by atoms with van der Waals surface area (Å²) in [6, 6.07) is 0. The summed E-state index contributed by atoms with van der Waals surface area (Å²) in [5.41, 5.74) is 2.21. The summed E-state index contributed by atoms with van der Waals surface area (Å²) in [5.74, 6) is 0.387. The zero-order chi connectivity index (χ0) is 16.1. The van der Waals surface area contributed by atoms with Crippen LogP contribution < -0.4 is 0 Å². The van der Waals surface area contributed by atoms with Gasteiger partial charge in [-0.2, -0.15) is 13.2 Å². The van der Waals surface area contributed by atoms with Gasteiger partial charge in [0.15, 0.2) is 0 Å². The summed E-state index contributed by atoms with van der Waals surface area (Å²) < 4.78 is 31.1. The van der Waals surface area contributed by atoms with E-state index >= 15 is 0 Å². The molecular weight excluding hydrogens is 253 g/mol. The van der Waals surface area contributed by atoms with Gasteiger partial charge in [0.25, 0.3) is 0 Å². The lowest BCUT2D eigenvalue weighted by atomic mass is 10.1. The van der Waals surface area contributed by atoms with Crippen LogP contribution in [-0.4, -0.2) is 11.3 Å². The highest BCUT2D eigenvalue weighted by Gasteiger charge is 2.15. The summed E-state index contributed by atoms with van der Waals surface area (Å²) in [4.78, 5) is 0. The van der Waals surface area contributed by atoms with E-state index in [1.54, 1.807) is 6.92 Å². The zero-order valence-electron chi connectivity index (χ0n) is 13.0. The lowest BCUT2D eigenvalue weighted by Crippen LogP contribution is -1.95. The van der Waals surface area contributed by atoms with E-state index in [1.165, 1.54) is 5.57 Å². The van der Waals surface area contributed by atoms with Gasteiger partial charge in [-0.1, -0.05) is 44.6 Å². The molecule has 0 aromatic rings. The van der Waals surface area contributed by atoms with Crippen LogP contribution in [0.15, 0.2) is 35.1 Å². The van der Waals surface area contributed by atoms with Crippen LogP contribution >= 0.6 is 0 Å². The molecule has 0 aliphatic rings. The number of aliphatic hydroxyl groups is 1. The molecule has 0 heterocycles. The molecule has 4 heteroatoms. The Morgan fingerprint density at radius 3 is 1.68 bits per heavy atom. The van der Waals surface area contributed by atoms with Gasteiger partial charge in [-0.15, -0.1) is 0 Å². The van der Waals surface area contributed by atoms with Gasteiger partial charge in [-0.25, -0.2) is 0 Å². The SMILES string of the molecule is CC.CC(F)(F)F.C\C=C(/C=C\C(C)=C(/C)O)CC. The summed E-state index contributed by atoms with van der Waals surface area (Å²) >= 11 is 0. The Kier molecular flexibility index (Phi) is 16.0. The lowest BCUT2D eigenvalue weighted by molar-refractivity contribution is -0.110. The number of allylic oxidation sites excluding steroid dienone is 6. The fraction of sp³-hybridized carbons (Fsp3) is 0.600. The first kappa shape index (κ1) is 22.9. The standard InChI is InChI=1S/C11H18O.C2H3F3.C2H6/c1-5-11(6-2)8-7-9(3)10(4)12;1-2(3,4)5;1-2/h5,7-8,12H,6H2,1-4H3;1H3;1-2H3/b8-7-,10-9+,11-5-;;. The van der Waals surface area contributed by atoms with Crippen LogP contribution in [0, 0.1) is 0 Å². The molecule has 0 aromatic carbocycles. The molecule has 0 amide bonds.